The Morgan fingerprint density at radius 3 is 1.59 bits per heavy atom. The molecule has 17 heavy (non-hydrogen) atoms. The van der Waals surface area contributed by atoms with Gasteiger partial charge in [-0.3, -0.25) is 9.59 Å². The fourth-order valence-corrected chi connectivity index (χ4v) is 2.68. The molecule has 0 aliphatic rings. The van der Waals surface area contributed by atoms with Gasteiger partial charge < -0.3 is 5.73 Å². The molecule has 0 saturated heterocycles. The summed E-state index contributed by atoms with van der Waals surface area (Å²) in [7, 11) is 0. The molecule has 0 heterocycles. The Morgan fingerprint density at radius 2 is 1.29 bits per heavy atom. The topological polar surface area (TPSA) is 60.2 Å². The quantitative estimate of drug-likeness (QED) is 0.777. The van der Waals surface area contributed by atoms with Gasteiger partial charge in [-0.25, -0.2) is 0 Å². The highest BCUT2D eigenvalue weighted by atomic mass is 16.1. The summed E-state index contributed by atoms with van der Waals surface area (Å²) in [6.07, 6.45) is 0.539. The predicted octanol–water partition coefficient (Wildman–Crippen LogP) is 2.57. The lowest BCUT2D eigenvalue weighted by Gasteiger charge is -2.34. The lowest BCUT2D eigenvalue weighted by atomic mass is 9.68. The lowest BCUT2D eigenvalue weighted by molar-refractivity contribution is -0.135. The van der Waals surface area contributed by atoms with Crippen LogP contribution in [0.15, 0.2) is 0 Å². The SMILES string of the molecule is CC(C)C(=O)C(C)(C)CC(C)(C)C(=O)C(C)N. The summed E-state index contributed by atoms with van der Waals surface area (Å²) in [5.74, 6) is 0.205. The van der Waals surface area contributed by atoms with Gasteiger partial charge in [0.15, 0.2) is 5.78 Å². The largest absolute Gasteiger partial charge is 0.322 e. The zero-order valence-corrected chi connectivity index (χ0v) is 12.3. The minimum atomic E-state index is -0.553. The van der Waals surface area contributed by atoms with E-state index in [2.05, 4.69) is 0 Å². The van der Waals surface area contributed by atoms with Crippen LogP contribution >= 0.6 is 0 Å². The molecule has 3 nitrogen and oxygen atoms in total. The first-order chi connectivity index (χ1) is 7.42. The minimum Gasteiger partial charge on any atom is -0.322 e. The number of rotatable bonds is 6. The Labute approximate surface area is 105 Å². The maximum atomic E-state index is 12.1. The molecule has 2 N–H and O–H groups in total. The highest BCUT2D eigenvalue weighted by molar-refractivity contribution is 5.90. The fraction of sp³-hybridized carbons (Fsp3) is 0.857. The predicted molar refractivity (Wildman–Crippen MR) is 70.7 cm³/mol. The van der Waals surface area contributed by atoms with Crippen LogP contribution in [0.25, 0.3) is 0 Å². The molecule has 0 saturated carbocycles. The van der Waals surface area contributed by atoms with E-state index in [0.717, 1.165) is 0 Å². The van der Waals surface area contributed by atoms with Crippen LogP contribution in [-0.4, -0.2) is 17.6 Å². The van der Waals surface area contributed by atoms with Gasteiger partial charge in [-0.05, 0) is 13.3 Å². The first-order valence-electron chi connectivity index (χ1n) is 6.26. The van der Waals surface area contributed by atoms with Crippen LogP contribution in [0.2, 0.25) is 0 Å². The van der Waals surface area contributed by atoms with Crippen LogP contribution in [0.4, 0.5) is 0 Å². The average molecular weight is 241 g/mol. The van der Waals surface area contributed by atoms with E-state index < -0.39 is 16.9 Å². The molecule has 3 heteroatoms. The third-order valence-electron chi connectivity index (χ3n) is 3.16. The molecule has 0 aromatic heterocycles. The summed E-state index contributed by atoms with van der Waals surface area (Å²) in [4.78, 5) is 24.1. The number of hydrogen-bond acceptors (Lipinski definition) is 3. The van der Waals surface area contributed by atoms with Gasteiger partial charge in [0.2, 0.25) is 0 Å². The van der Waals surface area contributed by atoms with Crippen molar-refractivity contribution in [1.29, 1.82) is 0 Å². The maximum Gasteiger partial charge on any atom is 0.154 e. The second-order valence-electron chi connectivity index (χ2n) is 6.62. The number of carbonyl (C=O) groups is 2. The molecule has 0 spiro atoms. The Balaban J connectivity index is 4.94. The third kappa shape index (κ3) is 4.23. The fourth-order valence-electron chi connectivity index (χ4n) is 2.68. The van der Waals surface area contributed by atoms with Gasteiger partial charge in [-0.2, -0.15) is 0 Å². The van der Waals surface area contributed by atoms with Gasteiger partial charge in [0, 0.05) is 16.7 Å². The number of Topliss-reactive ketones (excluding diaryl/α,β-unsaturated/α-hetero) is 2. The Morgan fingerprint density at radius 1 is 0.941 bits per heavy atom. The van der Waals surface area contributed by atoms with Crippen LogP contribution in [0.3, 0.4) is 0 Å². The van der Waals surface area contributed by atoms with Crippen LogP contribution in [-0.2, 0) is 9.59 Å². The molecule has 0 bridgehead atoms. The molecule has 1 unspecified atom stereocenters. The van der Waals surface area contributed by atoms with E-state index in [1.165, 1.54) is 0 Å². The normalized spacial score (nSPS) is 14.9. The standard InChI is InChI=1S/C14H27NO2/c1-9(2)11(16)13(4,5)8-14(6,7)12(17)10(3)15/h9-10H,8,15H2,1-7H3. The van der Waals surface area contributed by atoms with Gasteiger partial charge in [0.1, 0.15) is 5.78 Å². The molecule has 0 radical (unpaired) electrons. The van der Waals surface area contributed by atoms with Crippen molar-refractivity contribution in [2.75, 3.05) is 0 Å². The Bertz CT molecular complexity index is 271. The summed E-state index contributed by atoms with van der Waals surface area (Å²) in [5.41, 5.74) is 4.61. The van der Waals surface area contributed by atoms with Crippen molar-refractivity contribution in [2.45, 2.75) is 60.9 Å². The van der Waals surface area contributed by atoms with E-state index in [0.29, 0.717) is 6.42 Å². The van der Waals surface area contributed by atoms with E-state index >= 15 is 0 Å². The lowest BCUT2D eigenvalue weighted by Crippen LogP contribution is -2.43. The van der Waals surface area contributed by atoms with Crippen molar-refractivity contribution in [1.82, 2.24) is 0 Å². The first kappa shape index (κ1) is 16.3. The first-order valence-corrected chi connectivity index (χ1v) is 6.26. The van der Waals surface area contributed by atoms with Crippen LogP contribution < -0.4 is 5.73 Å². The monoisotopic (exact) mass is 241 g/mol. The van der Waals surface area contributed by atoms with E-state index in [1.807, 2.05) is 41.5 Å². The second kappa shape index (κ2) is 5.30. The van der Waals surface area contributed by atoms with Crippen molar-refractivity contribution in [3.05, 3.63) is 0 Å². The number of carbonyl (C=O) groups excluding carboxylic acids is 2. The smallest absolute Gasteiger partial charge is 0.154 e. The molecule has 0 rings (SSSR count). The van der Waals surface area contributed by atoms with Crippen LogP contribution in [0.1, 0.15) is 54.9 Å². The zero-order valence-electron chi connectivity index (χ0n) is 12.3. The van der Waals surface area contributed by atoms with Crippen molar-refractivity contribution in [2.24, 2.45) is 22.5 Å². The molecular formula is C14H27NO2. The highest BCUT2D eigenvalue weighted by Gasteiger charge is 2.39. The summed E-state index contributed by atoms with van der Waals surface area (Å²) < 4.78 is 0. The maximum absolute atomic E-state index is 12.1. The van der Waals surface area contributed by atoms with Gasteiger partial charge in [-0.15, -0.1) is 0 Å². The zero-order chi connectivity index (χ0) is 14.0. The summed E-state index contributed by atoms with van der Waals surface area (Å²) in [6.45, 7) is 13.0. The van der Waals surface area contributed by atoms with Gasteiger partial charge in [0.05, 0.1) is 6.04 Å². The number of hydrogen-bond donors (Lipinski definition) is 1. The van der Waals surface area contributed by atoms with Crippen molar-refractivity contribution >= 4 is 11.6 Å². The molecular weight excluding hydrogens is 214 g/mol. The minimum absolute atomic E-state index is 0.00815. The molecule has 0 aromatic rings. The molecule has 100 valence electrons. The molecule has 0 aliphatic heterocycles. The number of ketones is 2. The Kier molecular flexibility index (Phi) is 5.08. The van der Waals surface area contributed by atoms with Crippen molar-refractivity contribution in [3.63, 3.8) is 0 Å². The van der Waals surface area contributed by atoms with E-state index in [4.69, 9.17) is 5.73 Å². The molecule has 1 atom stereocenters. The van der Waals surface area contributed by atoms with Crippen molar-refractivity contribution in [3.8, 4) is 0 Å². The Hall–Kier alpha value is -0.700. The van der Waals surface area contributed by atoms with Crippen LogP contribution in [0.5, 0.6) is 0 Å². The van der Waals surface area contributed by atoms with Gasteiger partial charge in [0.25, 0.3) is 0 Å². The number of nitrogens with two attached hydrogens (primary N) is 1. The summed E-state index contributed by atoms with van der Waals surface area (Å²) >= 11 is 0. The highest BCUT2D eigenvalue weighted by Crippen LogP contribution is 2.37. The van der Waals surface area contributed by atoms with E-state index in [-0.39, 0.29) is 17.5 Å². The van der Waals surface area contributed by atoms with E-state index in [9.17, 15) is 9.59 Å². The third-order valence-corrected chi connectivity index (χ3v) is 3.16. The molecule has 0 amide bonds. The molecule has 0 fully saturated rings. The molecule has 0 aromatic carbocycles. The van der Waals surface area contributed by atoms with Gasteiger partial charge >= 0.3 is 0 Å². The van der Waals surface area contributed by atoms with Crippen LogP contribution in [0, 0.1) is 16.7 Å². The van der Waals surface area contributed by atoms with Crippen molar-refractivity contribution < 1.29 is 9.59 Å². The summed E-state index contributed by atoms with van der Waals surface area (Å²) in [5, 5.41) is 0. The van der Waals surface area contributed by atoms with E-state index in [1.54, 1.807) is 6.92 Å². The summed E-state index contributed by atoms with van der Waals surface area (Å²) in [6, 6.07) is -0.477. The molecule has 0 aliphatic carbocycles. The van der Waals surface area contributed by atoms with Gasteiger partial charge in [-0.1, -0.05) is 41.5 Å². The second-order valence-corrected chi connectivity index (χ2v) is 6.62. The average Bonchev–Trinajstić information content (AvgIpc) is 2.13.